The Balaban J connectivity index is 0. The third-order valence-corrected chi connectivity index (χ3v) is 0. The zero-order valence-electron chi connectivity index (χ0n) is 1.89. The Labute approximate surface area is 41.7 Å². The largest absolute Gasteiger partial charge is 4.00 e. The summed E-state index contributed by atoms with van der Waals surface area (Å²) < 4.78 is 0. The molecule has 0 amide bonds. The number of rotatable bonds is 0. The maximum absolute atomic E-state index is 0. The van der Waals surface area contributed by atoms with Crippen LogP contribution in [0.5, 0.6) is 0 Å². The summed E-state index contributed by atoms with van der Waals surface area (Å²) in [5.74, 6) is 0. The van der Waals surface area contributed by atoms with Gasteiger partial charge in [0.1, 0.15) is 0 Å². The summed E-state index contributed by atoms with van der Waals surface area (Å²) in [5, 5.41) is 0. The molecule has 0 aromatic rings. The molecule has 0 bridgehead atoms. The minimum atomic E-state index is 0. The standard InChI is InChI=1S/B.2O.Ti/q+3;2*-2;+4. The maximum atomic E-state index is 0. The van der Waals surface area contributed by atoms with Crippen molar-refractivity contribution in [1.29, 1.82) is 0 Å². The second-order valence-electron chi connectivity index (χ2n) is 0. The first-order valence-corrected chi connectivity index (χ1v) is 0. The van der Waals surface area contributed by atoms with Crippen molar-refractivity contribution < 1.29 is 32.7 Å². The topological polar surface area (TPSA) is 57.0 Å². The zero-order chi connectivity index (χ0) is 0. The average molecular weight is 90.7 g/mol. The minimum Gasteiger partial charge on any atom is -2.00 e. The van der Waals surface area contributed by atoms with Crippen molar-refractivity contribution >= 4 is 8.41 Å². The molecule has 2 nitrogen and oxygen atoms in total. The van der Waals surface area contributed by atoms with Crippen LogP contribution in [0.4, 0.5) is 0 Å². The van der Waals surface area contributed by atoms with Gasteiger partial charge in [0, 0.05) is 0 Å². The number of hydrogen-bond donors (Lipinski definition) is 0. The Kier molecular flexibility index (Phi) is 1810. The Morgan fingerprint density at radius 3 is 0.750 bits per heavy atom. The van der Waals surface area contributed by atoms with Crippen molar-refractivity contribution in [2.45, 2.75) is 0 Å². The van der Waals surface area contributed by atoms with Crippen LogP contribution in [0.2, 0.25) is 0 Å². The van der Waals surface area contributed by atoms with Gasteiger partial charge < -0.3 is 11.0 Å². The summed E-state index contributed by atoms with van der Waals surface area (Å²) in [4.78, 5) is 0. The van der Waals surface area contributed by atoms with Gasteiger partial charge in [-0.2, -0.15) is 0 Å². The molecule has 0 unspecified atom stereocenters. The van der Waals surface area contributed by atoms with Crippen molar-refractivity contribution in [3.05, 3.63) is 0 Å². The molecule has 0 N–H and O–H groups in total. The van der Waals surface area contributed by atoms with Gasteiger partial charge in [-0.1, -0.05) is 0 Å². The first kappa shape index (κ1) is 132. The van der Waals surface area contributed by atoms with Crippen LogP contribution in [0.1, 0.15) is 0 Å². The van der Waals surface area contributed by atoms with Gasteiger partial charge in [0.15, 0.2) is 0 Å². The van der Waals surface area contributed by atoms with E-state index in [0.717, 1.165) is 0 Å². The minimum absolute atomic E-state index is 0. The first-order chi connectivity index (χ1) is 0. The van der Waals surface area contributed by atoms with Gasteiger partial charge in [-0.15, -0.1) is 0 Å². The van der Waals surface area contributed by atoms with Gasteiger partial charge in [-0.05, 0) is 0 Å². The predicted octanol–water partition coefficient (Wildman–Crippen LogP) is -0.621. The van der Waals surface area contributed by atoms with Gasteiger partial charge in [0.05, 0.1) is 0 Å². The SMILES string of the molecule is [B+3].[O-2].[O-2].[Ti+4]. The van der Waals surface area contributed by atoms with Crippen molar-refractivity contribution in [2.75, 3.05) is 0 Å². The van der Waals surface area contributed by atoms with E-state index >= 15 is 0 Å². The molecule has 0 rings (SSSR count). The van der Waals surface area contributed by atoms with Gasteiger partial charge >= 0.3 is 30.1 Å². The Morgan fingerprint density at radius 2 is 0.750 bits per heavy atom. The molecule has 4 heteroatoms. The first-order valence-electron chi connectivity index (χ1n) is 0. The third-order valence-electron chi connectivity index (χ3n) is 0. The van der Waals surface area contributed by atoms with E-state index in [9.17, 15) is 0 Å². The van der Waals surface area contributed by atoms with Gasteiger partial charge in [0.2, 0.25) is 0 Å². The molecule has 0 atom stereocenters. The molecule has 0 aliphatic heterocycles. The fraction of sp³-hybridized carbons (Fsp3) is 0. The Hall–Kier alpha value is 0.699. The molecule has 0 fully saturated rings. The van der Waals surface area contributed by atoms with Crippen molar-refractivity contribution in [3.8, 4) is 0 Å². The van der Waals surface area contributed by atoms with Crippen LogP contribution in [-0.4, -0.2) is 8.41 Å². The van der Waals surface area contributed by atoms with Crippen molar-refractivity contribution in [1.82, 2.24) is 0 Å². The van der Waals surface area contributed by atoms with Crippen LogP contribution in [0.15, 0.2) is 0 Å². The van der Waals surface area contributed by atoms with E-state index in [-0.39, 0.29) is 41.1 Å². The predicted molar refractivity (Wildman–Crippen MR) is 7.13 cm³/mol. The second-order valence-corrected chi connectivity index (χ2v) is 0. The molecule has 0 aromatic heterocycles. The molecule has 16 valence electrons. The fourth-order valence-corrected chi connectivity index (χ4v) is 0. The molecule has 4 heavy (non-hydrogen) atoms. The molecule has 0 saturated heterocycles. The normalized spacial score (nSPS) is 0. The summed E-state index contributed by atoms with van der Waals surface area (Å²) in [6, 6.07) is 0. The quantitative estimate of drug-likeness (QED) is 0.356. The van der Waals surface area contributed by atoms with E-state index in [4.69, 9.17) is 0 Å². The average Bonchev–Trinajstić information content (AvgIpc) is 0. The van der Waals surface area contributed by atoms with Crippen LogP contribution in [-0.2, 0) is 32.7 Å². The molecular formula is BO2Ti+3. The Bertz CT molecular complexity index is 6.00. The third kappa shape index (κ3) is 15.9. The van der Waals surface area contributed by atoms with Crippen molar-refractivity contribution in [2.24, 2.45) is 0 Å². The van der Waals surface area contributed by atoms with Crippen LogP contribution in [0.3, 0.4) is 0 Å². The molecular weight excluding hydrogens is 90.7 g/mol. The maximum Gasteiger partial charge on any atom is 4.00 e. The van der Waals surface area contributed by atoms with Crippen LogP contribution in [0, 0.1) is 0 Å². The number of hydrogen-bond acceptors (Lipinski definition) is 0. The van der Waals surface area contributed by atoms with Crippen LogP contribution < -0.4 is 0 Å². The van der Waals surface area contributed by atoms with E-state index < -0.39 is 0 Å². The molecule has 0 aromatic carbocycles. The van der Waals surface area contributed by atoms with Crippen molar-refractivity contribution in [3.63, 3.8) is 0 Å². The molecule has 0 spiro atoms. The fourth-order valence-electron chi connectivity index (χ4n) is 0. The van der Waals surface area contributed by atoms with Gasteiger partial charge in [-0.25, -0.2) is 0 Å². The summed E-state index contributed by atoms with van der Waals surface area (Å²) in [6.07, 6.45) is 0. The Morgan fingerprint density at radius 1 is 0.750 bits per heavy atom. The van der Waals surface area contributed by atoms with E-state index in [0.29, 0.717) is 0 Å². The van der Waals surface area contributed by atoms with E-state index in [1.54, 1.807) is 0 Å². The van der Waals surface area contributed by atoms with Gasteiger partial charge in [-0.3, -0.25) is 0 Å². The molecule has 0 saturated carbocycles. The van der Waals surface area contributed by atoms with E-state index in [2.05, 4.69) is 0 Å². The molecule has 0 heterocycles. The summed E-state index contributed by atoms with van der Waals surface area (Å²) in [5.41, 5.74) is 0. The van der Waals surface area contributed by atoms with Crippen LogP contribution in [0.25, 0.3) is 0 Å². The second kappa shape index (κ2) is 55.1. The van der Waals surface area contributed by atoms with E-state index in [1.165, 1.54) is 0 Å². The summed E-state index contributed by atoms with van der Waals surface area (Å²) in [6.45, 7) is 0. The summed E-state index contributed by atoms with van der Waals surface area (Å²) in [7, 11) is 0. The van der Waals surface area contributed by atoms with Crippen LogP contribution >= 0.6 is 0 Å². The monoisotopic (exact) mass is 90.9 g/mol. The molecule has 0 aliphatic rings. The zero-order valence-corrected chi connectivity index (χ0v) is 3.46. The summed E-state index contributed by atoms with van der Waals surface area (Å²) >= 11 is 0. The molecule has 0 aliphatic carbocycles. The van der Waals surface area contributed by atoms with E-state index in [1.807, 2.05) is 0 Å². The molecule has 0 radical (unpaired) electrons. The van der Waals surface area contributed by atoms with Gasteiger partial charge in [0.25, 0.3) is 0 Å². The smallest absolute Gasteiger partial charge is 2.00 e.